The van der Waals surface area contributed by atoms with Gasteiger partial charge < -0.3 is 14.5 Å². The van der Waals surface area contributed by atoms with Gasteiger partial charge in [0.15, 0.2) is 0 Å². The minimum absolute atomic E-state index is 0.00109. The van der Waals surface area contributed by atoms with Gasteiger partial charge in [-0.1, -0.05) is 6.07 Å². The first-order valence-corrected chi connectivity index (χ1v) is 8.96. The van der Waals surface area contributed by atoms with Crippen molar-refractivity contribution in [3.63, 3.8) is 0 Å². The van der Waals surface area contributed by atoms with Crippen LogP contribution in [-0.4, -0.2) is 54.8 Å². The normalized spacial score (nSPS) is 21.8. The van der Waals surface area contributed by atoms with E-state index in [4.69, 9.17) is 4.74 Å². The van der Waals surface area contributed by atoms with Crippen molar-refractivity contribution in [2.75, 3.05) is 36.9 Å². The molecule has 2 amide bonds. The van der Waals surface area contributed by atoms with Crippen LogP contribution in [0.15, 0.2) is 23.1 Å². The zero-order valence-electron chi connectivity index (χ0n) is 13.6. The summed E-state index contributed by atoms with van der Waals surface area (Å²) in [5.74, 6) is 0.386. The van der Waals surface area contributed by atoms with Crippen molar-refractivity contribution >= 4 is 29.3 Å². The molecule has 0 aliphatic carbocycles. The molecule has 5 nitrogen and oxygen atoms in total. The van der Waals surface area contributed by atoms with E-state index in [0.717, 1.165) is 22.6 Å². The van der Waals surface area contributed by atoms with Gasteiger partial charge in [-0.05, 0) is 38.0 Å². The number of carbonyl (C=O) groups is 2. The molecule has 23 heavy (non-hydrogen) atoms. The number of ether oxygens (including phenoxy) is 1. The number of hydrogen-bond donors (Lipinski definition) is 0. The van der Waals surface area contributed by atoms with Crippen molar-refractivity contribution in [2.45, 2.75) is 31.3 Å². The van der Waals surface area contributed by atoms with Crippen molar-refractivity contribution in [3.05, 3.63) is 23.8 Å². The zero-order chi connectivity index (χ0) is 16.4. The molecular formula is C17H22N2O3S. The fraction of sp³-hybridized carbons (Fsp3) is 0.529. The molecule has 1 aromatic rings. The molecule has 0 radical (unpaired) electrons. The maximum Gasteiger partial charge on any atom is 0.242 e. The highest BCUT2D eigenvalue weighted by atomic mass is 32.2. The molecule has 0 bridgehead atoms. The van der Waals surface area contributed by atoms with Gasteiger partial charge in [0.2, 0.25) is 11.8 Å². The quantitative estimate of drug-likeness (QED) is 0.831. The maximum atomic E-state index is 12.7. The van der Waals surface area contributed by atoms with E-state index in [9.17, 15) is 9.59 Å². The van der Waals surface area contributed by atoms with Gasteiger partial charge in [-0.15, -0.1) is 11.8 Å². The Hall–Kier alpha value is -1.53. The fourth-order valence-electron chi connectivity index (χ4n) is 2.94. The number of hydrogen-bond acceptors (Lipinski definition) is 4. The van der Waals surface area contributed by atoms with Crippen LogP contribution < -0.4 is 4.90 Å². The van der Waals surface area contributed by atoms with E-state index in [0.29, 0.717) is 25.4 Å². The molecule has 0 saturated carbocycles. The molecule has 0 N–H and O–H groups in total. The summed E-state index contributed by atoms with van der Waals surface area (Å²) in [6.07, 6.45) is 0.888. The van der Waals surface area contributed by atoms with Crippen molar-refractivity contribution in [3.8, 4) is 0 Å². The largest absolute Gasteiger partial charge is 0.377 e. The predicted molar refractivity (Wildman–Crippen MR) is 90.9 cm³/mol. The van der Waals surface area contributed by atoms with Gasteiger partial charge in [-0.3, -0.25) is 9.59 Å². The summed E-state index contributed by atoms with van der Waals surface area (Å²) in [4.78, 5) is 29.5. The van der Waals surface area contributed by atoms with Gasteiger partial charge in [-0.25, -0.2) is 0 Å². The molecule has 1 unspecified atom stereocenters. The molecule has 0 spiro atoms. The molecule has 1 fully saturated rings. The number of nitrogens with zero attached hydrogens (tertiary/aromatic N) is 2. The first kappa shape index (κ1) is 16.3. The third-order valence-electron chi connectivity index (χ3n) is 4.16. The van der Waals surface area contributed by atoms with Crippen LogP contribution in [0, 0.1) is 6.92 Å². The number of benzene rings is 1. The van der Waals surface area contributed by atoms with Crippen LogP contribution in [0.4, 0.5) is 5.69 Å². The lowest BCUT2D eigenvalue weighted by atomic mass is 10.2. The monoisotopic (exact) mass is 334 g/mol. The Balaban J connectivity index is 1.76. The number of carbonyl (C=O) groups excluding carboxylic acids is 2. The molecule has 2 heterocycles. The third kappa shape index (κ3) is 3.70. The van der Waals surface area contributed by atoms with E-state index in [2.05, 4.69) is 6.07 Å². The first-order chi connectivity index (χ1) is 11.0. The van der Waals surface area contributed by atoms with Crippen LogP contribution in [0.5, 0.6) is 0 Å². The smallest absolute Gasteiger partial charge is 0.242 e. The van der Waals surface area contributed by atoms with E-state index >= 15 is 0 Å². The highest BCUT2D eigenvalue weighted by Crippen LogP contribution is 2.35. The molecular weight excluding hydrogens is 312 g/mol. The number of anilines is 1. The van der Waals surface area contributed by atoms with Gasteiger partial charge in [0.1, 0.15) is 6.54 Å². The Kier molecular flexibility index (Phi) is 4.92. The van der Waals surface area contributed by atoms with Crippen LogP contribution in [-0.2, 0) is 14.3 Å². The van der Waals surface area contributed by atoms with Gasteiger partial charge in [-0.2, -0.15) is 0 Å². The average molecular weight is 334 g/mol. The summed E-state index contributed by atoms with van der Waals surface area (Å²) in [6.45, 7) is 6.10. The molecule has 1 aromatic carbocycles. The SMILES string of the molecule is Cc1ccc2c(c1)SCC(=O)N2CC(=O)N1CCCOC(C)C1. The zero-order valence-corrected chi connectivity index (χ0v) is 14.4. The van der Waals surface area contributed by atoms with Crippen molar-refractivity contribution in [2.24, 2.45) is 0 Å². The maximum absolute atomic E-state index is 12.7. The lowest BCUT2D eigenvalue weighted by Gasteiger charge is -2.31. The summed E-state index contributed by atoms with van der Waals surface area (Å²) in [5.41, 5.74) is 2.01. The molecule has 1 saturated heterocycles. The van der Waals surface area contributed by atoms with Crippen molar-refractivity contribution in [1.82, 2.24) is 4.90 Å². The standard InChI is InChI=1S/C17H22N2O3S/c1-12-4-5-14-15(8-12)23-11-17(21)19(14)10-16(20)18-6-3-7-22-13(2)9-18/h4-5,8,13H,3,6-7,9-11H2,1-2H3. The summed E-state index contributed by atoms with van der Waals surface area (Å²) in [7, 11) is 0. The topological polar surface area (TPSA) is 49.9 Å². The highest BCUT2D eigenvalue weighted by molar-refractivity contribution is 8.00. The van der Waals surface area contributed by atoms with Crippen LogP contribution in [0.2, 0.25) is 0 Å². The molecule has 2 aliphatic rings. The van der Waals surface area contributed by atoms with E-state index in [-0.39, 0.29) is 24.5 Å². The minimum Gasteiger partial charge on any atom is -0.377 e. The van der Waals surface area contributed by atoms with Crippen LogP contribution in [0.25, 0.3) is 0 Å². The number of thioether (sulfide) groups is 1. The van der Waals surface area contributed by atoms with Crippen LogP contribution in [0.1, 0.15) is 18.9 Å². The molecule has 6 heteroatoms. The second-order valence-corrected chi connectivity index (χ2v) is 7.13. The molecule has 124 valence electrons. The second-order valence-electron chi connectivity index (χ2n) is 6.11. The number of rotatable bonds is 2. The average Bonchev–Trinajstić information content (AvgIpc) is 2.74. The van der Waals surface area contributed by atoms with Gasteiger partial charge in [0, 0.05) is 24.6 Å². The summed E-state index contributed by atoms with van der Waals surface area (Å²) in [5, 5.41) is 0. The Morgan fingerprint density at radius 1 is 1.43 bits per heavy atom. The van der Waals surface area contributed by atoms with E-state index in [1.165, 1.54) is 0 Å². The lowest BCUT2D eigenvalue weighted by Crippen LogP contribution is -2.46. The van der Waals surface area contributed by atoms with Gasteiger partial charge in [0.25, 0.3) is 0 Å². The second kappa shape index (κ2) is 6.93. The predicted octanol–water partition coefficient (Wildman–Crippen LogP) is 2.07. The van der Waals surface area contributed by atoms with Crippen LogP contribution >= 0.6 is 11.8 Å². The lowest BCUT2D eigenvalue weighted by molar-refractivity contribution is -0.131. The summed E-state index contributed by atoms with van der Waals surface area (Å²) < 4.78 is 5.59. The molecule has 3 rings (SSSR count). The molecule has 0 aromatic heterocycles. The van der Waals surface area contributed by atoms with Crippen molar-refractivity contribution in [1.29, 1.82) is 0 Å². The first-order valence-electron chi connectivity index (χ1n) is 7.98. The fourth-order valence-corrected chi connectivity index (χ4v) is 3.97. The van der Waals surface area contributed by atoms with E-state index in [1.807, 2.05) is 30.9 Å². The number of amides is 2. The molecule has 2 aliphatic heterocycles. The Morgan fingerprint density at radius 3 is 3.09 bits per heavy atom. The Bertz CT molecular complexity index is 620. The Morgan fingerprint density at radius 2 is 2.26 bits per heavy atom. The summed E-state index contributed by atoms with van der Waals surface area (Å²) in [6, 6.07) is 6.00. The van der Waals surface area contributed by atoms with Gasteiger partial charge in [0.05, 0.1) is 17.5 Å². The minimum atomic E-state index is -0.00544. The summed E-state index contributed by atoms with van der Waals surface area (Å²) >= 11 is 1.55. The van der Waals surface area contributed by atoms with Gasteiger partial charge >= 0.3 is 0 Å². The number of fused-ring (bicyclic) bond motifs is 1. The Labute approximate surface area is 141 Å². The van der Waals surface area contributed by atoms with Crippen LogP contribution in [0.3, 0.4) is 0 Å². The molecule has 1 atom stereocenters. The highest BCUT2D eigenvalue weighted by Gasteiger charge is 2.29. The van der Waals surface area contributed by atoms with Crippen molar-refractivity contribution < 1.29 is 14.3 Å². The van der Waals surface area contributed by atoms with E-state index < -0.39 is 0 Å². The number of aryl methyl sites for hydroxylation is 1. The van der Waals surface area contributed by atoms with E-state index in [1.54, 1.807) is 16.7 Å². The third-order valence-corrected chi connectivity index (χ3v) is 5.19.